The molecule has 0 aromatic heterocycles. The molecular formula is C13H16N4O2. The first-order valence-corrected chi connectivity index (χ1v) is 5.93. The molecule has 1 aliphatic heterocycles. The van der Waals surface area contributed by atoms with Crippen LogP contribution in [-0.2, 0) is 9.53 Å². The Kier molecular flexibility index (Phi) is 4.01. The van der Waals surface area contributed by atoms with Crippen molar-refractivity contribution in [2.75, 3.05) is 20.8 Å². The summed E-state index contributed by atoms with van der Waals surface area (Å²) in [5.41, 5.74) is 2.44. The number of hydrazone groups is 1. The highest BCUT2D eigenvalue weighted by Gasteiger charge is 2.33. The first-order valence-electron chi connectivity index (χ1n) is 5.93. The molecule has 1 heterocycles. The summed E-state index contributed by atoms with van der Waals surface area (Å²) in [6.45, 7) is 2.27. The van der Waals surface area contributed by atoms with Crippen LogP contribution in [0.25, 0.3) is 0 Å². The van der Waals surface area contributed by atoms with Crippen molar-refractivity contribution in [2.24, 2.45) is 15.3 Å². The molecule has 1 aromatic carbocycles. The van der Waals surface area contributed by atoms with E-state index in [0.29, 0.717) is 11.4 Å². The molecule has 0 N–H and O–H groups in total. The number of hydrogen-bond acceptors (Lipinski definition) is 5. The zero-order valence-electron chi connectivity index (χ0n) is 11.2. The molecule has 1 aliphatic rings. The Balaban J connectivity index is 2.14. The fourth-order valence-electron chi connectivity index (χ4n) is 1.72. The first kappa shape index (κ1) is 13.4. The number of rotatable bonds is 4. The van der Waals surface area contributed by atoms with Crippen LogP contribution < -0.4 is 0 Å². The van der Waals surface area contributed by atoms with Crippen molar-refractivity contribution in [3.8, 4) is 0 Å². The van der Waals surface area contributed by atoms with Crippen LogP contribution in [0.3, 0.4) is 0 Å². The normalized spacial score (nSPS) is 19.3. The lowest BCUT2D eigenvalue weighted by Gasteiger charge is -2.04. The van der Waals surface area contributed by atoms with Gasteiger partial charge in [-0.15, -0.1) is 0 Å². The number of carbonyl (C=O) groups excluding carboxylic acids is 1. The van der Waals surface area contributed by atoms with Crippen LogP contribution in [0.1, 0.15) is 5.56 Å². The van der Waals surface area contributed by atoms with Crippen LogP contribution >= 0.6 is 0 Å². The molecule has 0 aliphatic carbocycles. The van der Waals surface area contributed by atoms with Crippen LogP contribution in [-0.4, -0.2) is 43.4 Å². The Morgan fingerprint density at radius 2 is 2.05 bits per heavy atom. The second kappa shape index (κ2) is 5.71. The van der Waals surface area contributed by atoms with Crippen LogP contribution in [0.15, 0.2) is 39.6 Å². The maximum Gasteiger partial charge on any atom is 0.275 e. The highest BCUT2D eigenvalue weighted by molar-refractivity contribution is 6.12. The molecule has 6 nitrogen and oxygen atoms in total. The minimum Gasteiger partial charge on any atom is -0.379 e. The van der Waals surface area contributed by atoms with Gasteiger partial charge in [0.1, 0.15) is 5.71 Å². The summed E-state index contributed by atoms with van der Waals surface area (Å²) in [6, 6.07) is 6.93. The Labute approximate surface area is 111 Å². The van der Waals surface area contributed by atoms with Crippen molar-refractivity contribution in [1.82, 2.24) is 5.01 Å². The molecule has 0 radical (unpaired) electrons. The van der Waals surface area contributed by atoms with Crippen molar-refractivity contribution in [2.45, 2.75) is 13.0 Å². The summed E-state index contributed by atoms with van der Waals surface area (Å²) in [5.74, 6) is -0.192. The highest BCUT2D eigenvalue weighted by Crippen LogP contribution is 2.17. The molecule has 1 aromatic rings. The zero-order valence-corrected chi connectivity index (χ0v) is 11.2. The number of amides is 1. The van der Waals surface area contributed by atoms with Crippen LogP contribution in [0.2, 0.25) is 0 Å². The predicted octanol–water partition coefficient (Wildman–Crippen LogP) is 1.92. The average Bonchev–Trinajstić information content (AvgIpc) is 2.65. The molecule has 2 rings (SSSR count). The number of methoxy groups -OCH3 is 1. The largest absolute Gasteiger partial charge is 0.379 e. The van der Waals surface area contributed by atoms with Gasteiger partial charge in [-0.25, -0.2) is 5.01 Å². The molecule has 0 saturated carbocycles. The van der Waals surface area contributed by atoms with Gasteiger partial charge in [0.25, 0.3) is 5.91 Å². The van der Waals surface area contributed by atoms with Crippen molar-refractivity contribution in [3.63, 3.8) is 0 Å². The quantitative estimate of drug-likeness (QED) is 0.776. The summed E-state index contributed by atoms with van der Waals surface area (Å²) in [7, 11) is 3.15. The van der Waals surface area contributed by atoms with Gasteiger partial charge in [0, 0.05) is 14.2 Å². The minimum absolute atomic E-state index is 0.192. The van der Waals surface area contributed by atoms with Gasteiger partial charge < -0.3 is 4.74 Å². The van der Waals surface area contributed by atoms with E-state index < -0.39 is 6.04 Å². The number of aryl methyl sites for hydroxylation is 1. The van der Waals surface area contributed by atoms with E-state index in [-0.39, 0.29) is 12.5 Å². The molecule has 1 amide bonds. The van der Waals surface area contributed by atoms with Crippen molar-refractivity contribution in [3.05, 3.63) is 29.8 Å². The summed E-state index contributed by atoms with van der Waals surface area (Å²) >= 11 is 0. The highest BCUT2D eigenvalue weighted by atomic mass is 16.5. The van der Waals surface area contributed by atoms with E-state index in [4.69, 9.17) is 4.74 Å². The summed E-state index contributed by atoms with van der Waals surface area (Å²) in [5, 5.41) is 13.5. The SMILES string of the molecule is COCC1=NN(C)C(=O)C1N=Nc1ccc(C)cc1. The number of carbonyl (C=O) groups is 1. The molecule has 1 unspecified atom stereocenters. The van der Waals surface area contributed by atoms with E-state index in [0.717, 1.165) is 5.56 Å². The third kappa shape index (κ3) is 3.03. The van der Waals surface area contributed by atoms with Crippen LogP contribution in [0.5, 0.6) is 0 Å². The van der Waals surface area contributed by atoms with E-state index in [1.807, 2.05) is 31.2 Å². The van der Waals surface area contributed by atoms with Gasteiger partial charge >= 0.3 is 0 Å². The first-order chi connectivity index (χ1) is 9.11. The molecule has 0 bridgehead atoms. The summed E-state index contributed by atoms with van der Waals surface area (Å²) in [4.78, 5) is 11.9. The fourth-order valence-corrected chi connectivity index (χ4v) is 1.72. The molecule has 0 saturated heterocycles. The van der Waals surface area contributed by atoms with Gasteiger partial charge in [0.15, 0.2) is 6.04 Å². The third-order valence-electron chi connectivity index (χ3n) is 2.76. The lowest BCUT2D eigenvalue weighted by Crippen LogP contribution is -2.29. The van der Waals surface area contributed by atoms with E-state index in [1.165, 1.54) is 5.01 Å². The Morgan fingerprint density at radius 3 is 2.68 bits per heavy atom. The van der Waals surface area contributed by atoms with Gasteiger partial charge in [0.2, 0.25) is 0 Å². The molecule has 1 atom stereocenters. The van der Waals surface area contributed by atoms with Gasteiger partial charge in [-0.1, -0.05) is 17.7 Å². The maximum atomic E-state index is 11.9. The standard InChI is InChI=1S/C13H16N4O2/c1-9-4-6-10(7-5-9)14-15-12-11(8-19-3)16-17(2)13(12)18/h4-7,12H,8H2,1-3H3. The van der Waals surface area contributed by atoms with Crippen LogP contribution in [0, 0.1) is 6.92 Å². The van der Waals surface area contributed by atoms with E-state index in [1.54, 1.807) is 14.2 Å². The molecule has 0 fully saturated rings. The maximum absolute atomic E-state index is 11.9. The Morgan fingerprint density at radius 1 is 1.37 bits per heavy atom. The second-order valence-electron chi connectivity index (χ2n) is 4.34. The lowest BCUT2D eigenvalue weighted by atomic mass is 10.2. The van der Waals surface area contributed by atoms with Gasteiger partial charge in [-0.3, -0.25) is 4.79 Å². The lowest BCUT2D eigenvalue weighted by molar-refractivity contribution is -0.128. The van der Waals surface area contributed by atoms with Gasteiger partial charge in [-0.2, -0.15) is 15.3 Å². The molecular weight excluding hydrogens is 244 g/mol. The average molecular weight is 260 g/mol. The smallest absolute Gasteiger partial charge is 0.275 e. The topological polar surface area (TPSA) is 66.6 Å². The van der Waals surface area contributed by atoms with E-state index in [9.17, 15) is 4.79 Å². The fraction of sp³-hybridized carbons (Fsp3) is 0.385. The van der Waals surface area contributed by atoms with Gasteiger partial charge in [-0.05, 0) is 19.1 Å². The number of hydrogen-bond donors (Lipinski definition) is 0. The van der Waals surface area contributed by atoms with Crippen molar-refractivity contribution < 1.29 is 9.53 Å². The summed E-state index contributed by atoms with van der Waals surface area (Å²) < 4.78 is 5.01. The molecule has 0 spiro atoms. The number of likely N-dealkylation sites (N-methyl/N-ethyl adjacent to an activating group) is 1. The van der Waals surface area contributed by atoms with Crippen LogP contribution in [0.4, 0.5) is 5.69 Å². The van der Waals surface area contributed by atoms with Gasteiger partial charge in [0.05, 0.1) is 12.3 Å². The number of nitrogens with zero attached hydrogens (tertiary/aromatic N) is 4. The predicted molar refractivity (Wildman–Crippen MR) is 71.6 cm³/mol. The Hall–Kier alpha value is -2.08. The number of benzene rings is 1. The number of azo groups is 1. The monoisotopic (exact) mass is 260 g/mol. The summed E-state index contributed by atoms with van der Waals surface area (Å²) in [6.07, 6.45) is 0. The van der Waals surface area contributed by atoms with E-state index >= 15 is 0 Å². The third-order valence-corrected chi connectivity index (χ3v) is 2.76. The molecule has 19 heavy (non-hydrogen) atoms. The molecule has 6 heteroatoms. The molecule has 100 valence electrons. The Bertz CT molecular complexity index is 522. The second-order valence-corrected chi connectivity index (χ2v) is 4.34. The number of ether oxygens (including phenoxy) is 1. The van der Waals surface area contributed by atoms with E-state index in [2.05, 4.69) is 15.3 Å². The zero-order chi connectivity index (χ0) is 13.8. The minimum atomic E-state index is -0.675. The van der Waals surface area contributed by atoms with Crippen molar-refractivity contribution in [1.29, 1.82) is 0 Å². The van der Waals surface area contributed by atoms with Crippen molar-refractivity contribution >= 4 is 17.3 Å².